The SMILES string of the molecule is CC1n2cc(C=O)n21. The van der Waals surface area contributed by atoms with Crippen molar-refractivity contribution in [3.63, 3.8) is 0 Å². The molecule has 1 aromatic heterocycles. The molecule has 3 heteroatoms. The number of carbonyl (C=O) groups excluding carboxylic acids is 1. The number of carbonyl (C=O) groups is 1. The van der Waals surface area contributed by atoms with Crippen molar-refractivity contribution in [3.05, 3.63) is 11.9 Å². The highest BCUT2D eigenvalue weighted by atomic mass is 16.1. The fraction of sp³-hybridized carbons (Fsp3) is 0.400. The van der Waals surface area contributed by atoms with Crippen LogP contribution >= 0.6 is 0 Å². The lowest BCUT2D eigenvalue weighted by atomic mass is 10.5. The Labute approximate surface area is 46.5 Å². The normalized spacial score (nSPS) is 22.9. The molecule has 0 N–H and O–H groups in total. The third-order valence-electron chi connectivity index (χ3n) is 1.58. The molecule has 0 fully saturated rings. The van der Waals surface area contributed by atoms with Crippen molar-refractivity contribution in [2.24, 2.45) is 0 Å². The topological polar surface area (TPSA) is 26.9 Å². The molecule has 1 aliphatic rings. The van der Waals surface area contributed by atoms with Gasteiger partial charge in [-0.15, -0.1) is 0 Å². The van der Waals surface area contributed by atoms with Gasteiger partial charge in [-0.25, -0.2) is 0 Å². The van der Waals surface area contributed by atoms with Gasteiger partial charge in [0.25, 0.3) is 0 Å². The number of hydrogen-bond donors (Lipinski definition) is 0. The Morgan fingerprint density at radius 1 is 1.88 bits per heavy atom. The van der Waals surface area contributed by atoms with Crippen LogP contribution in [0.3, 0.4) is 0 Å². The van der Waals surface area contributed by atoms with Crippen LogP contribution in [0.25, 0.3) is 0 Å². The van der Waals surface area contributed by atoms with E-state index < -0.39 is 0 Å². The first kappa shape index (κ1) is 3.95. The average molecular weight is 110 g/mol. The van der Waals surface area contributed by atoms with Gasteiger partial charge in [-0.05, 0) is 6.92 Å². The minimum atomic E-state index is 0.454. The van der Waals surface area contributed by atoms with E-state index in [1.165, 1.54) is 0 Å². The van der Waals surface area contributed by atoms with Crippen molar-refractivity contribution in [2.45, 2.75) is 13.1 Å². The maximum atomic E-state index is 10.0. The molecule has 1 aromatic rings. The highest BCUT2D eigenvalue weighted by Gasteiger charge is 2.31. The summed E-state index contributed by atoms with van der Waals surface area (Å²) in [5.41, 5.74) is 0.803. The molecule has 42 valence electrons. The van der Waals surface area contributed by atoms with Gasteiger partial charge < -0.3 is 0 Å². The highest BCUT2D eigenvalue weighted by Crippen LogP contribution is 2.29. The molecule has 1 atom stereocenters. The predicted octanol–water partition coefficient (Wildman–Crippen LogP) is 0.482. The summed E-state index contributed by atoms with van der Waals surface area (Å²) in [4.78, 5) is 10.0. The van der Waals surface area contributed by atoms with Crippen molar-refractivity contribution in [1.82, 2.24) is 9.36 Å². The molecule has 0 saturated heterocycles. The van der Waals surface area contributed by atoms with Gasteiger partial charge in [-0.2, -0.15) is 0 Å². The highest BCUT2D eigenvalue weighted by molar-refractivity contribution is 5.73. The molecule has 0 aromatic carbocycles. The van der Waals surface area contributed by atoms with Gasteiger partial charge in [0.1, 0.15) is 11.9 Å². The van der Waals surface area contributed by atoms with Gasteiger partial charge in [0.2, 0.25) is 0 Å². The Morgan fingerprint density at radius 2 is 2.62 bits per heavy atom. The fourth-order valence-electron chi connectivity index (χ4n) is 1.02. The standard InChI is InChI=1S/C5H6N2O/c1-4-6-2-5(3-8)7(4)6/h2-4H,1H3. The third kappa shape index (κ3) is 0.223. The van der Waals surface area contributed by atoms with E-state index in [-0.39, 0.29) is 0 Å². The van der Waals surface area contributed by atoms with Crippen molar-refractivity contribution in [3.8, 4) is 0 Å². The average Bonchev–Trinajstić information content (AvgIpc) is 2.09. The fourth-order valence-corrected chi connectivity index (χ4v) is 1.02. The zero-order chi connectivity index (χ0) is 5.72. The Kier molecular flexibility index (Phi) is 0.440. The molecular weight excluding hydrogens is 104 g/mol. The van der Waals surface area contributed by atoms with Crippen molar-refractivity contribution in [1.29, 1.82) is 0 Å². The lowest BCUT2D eigenvalue weighted by Crippen LogP contribution is -1.93. The van der Waals surface area contributed by atoms with Crippen LogP contribution in [0.15, 0.2) is 6.20 Å². The molecule has 0 aliphatic carbocycles. The van der Waals surface area contributed by atoms with E-state index in [2.05, 4.69) is 0 Å². The molecule has 8 heavy (non-hydrogen) atoms. The zero-order valence-electron chi connectivity index (χ0n) is 4.53. The molecule has 1 aliphatic heterocycles. The number of aromatic nitrogens is 2. The Balaban J connectivity index is 2.39. The van der Waals surface area contributed by atoms with Gasteiger partial charge in [-0.3, -0.25) is 14.2 Å². The summed E-state index contributed by atoms with van der Waals surface area (Å²) in [6.45, 7) is 2.05. The van der Waals surface area contributed by atoms with E-state index in [4.69, 9.17) is 0 Å². The number of aldehydes is 1. The summed E-state index contributed by atoms with van der Waals surface area (Å²) >= 11 is 0. The van der Waals surface area contributed by atoms with E-state index in [0.29, 0.717) is 6.17 Å². The number of fused-ring (bicyclic) bond motifs is 1. The van der Waals surface area contributed by atoms with Crippen LogP contribution in [0.5, 0.6) is 0 Å². The second-order valence-electron chi connectivity index (χ2n) is 2.03. The second-order valence-corrected chi connectivity index (χ2v) is 2.03. The van der Waals surface area contributed by atoms with Crippen LogP contribution in [0, 0.1) is 0 Å². The van der Waals surface area contributed by atoms with E-state index in [1.54, 1.807) is 0 Å². The molecule has 0 spiro atoms. The quantitative estimate of drug-likeness (QED) is 0.483. The lowest BCUT2D eigenvalue weighted by molar-refractivity contribution is 0.111. The van der Waals surface area contributed by atoms with Crippen LogP contribution in [0.4, 0.5) is 0 Å². The van der Waals surface area contributed by atoms with Gasteiger partial charge in [-0.1, -0.05) is 0 Å². The smallest absolute Gasteiger partial charge is 0.169 e. The van der Waals surface area contributed by atoms with Gasteiger partial charge in [0.15, 0.2) is 6.29 Å². The summed E-state index contributed by atoms with van der Waals surface area (Å²) in [6, 6.07) is 0. The Hall–Kier alpha value is -0.990. The Morgan fingerprint density at radius 3 is 2.75 bits per heavy atom. The van der Waals surface area contributed by atoms with E-state index in [0.717, 1.165) is 12.0 Å². The third-order valence-corrected chi connectivity index (χ3v) is 1.58. The van der Waals surface area contributed by atoms with Crippen LogP contribution in [-0.4, -0.2) is 15.6 Å². The lowest BCUT2D eigenvalue weighted by Gasteiger charge is -1.88. The Bertz CT molecular complexity index is 233. The first-order valence-electron chi connectivity index (χ1n) is 2.59. The van der Waals surface area contributed by atoms with Crippen molar-refractivity contribution in [2.75, 3.05) is 0 Å². The predicted molar refractivity (Wildman–Crippen MR) is 27.9 cm³/mol. The molecular formula is C5H6N2O. The molecule has 2 heterocycles. The monoisotopic (exact) mass is 110 g/mol. The summed E-state index contributed by atoms with van der Waals surface area (Å²) < 4.78 is 3.94. The van der Waals surface area contributed by atoms with E-state index in [1.807, 2.05) is 22.5 Å². The molecule has 0 saturated carbocycles. The molecule has 0 amide bonds. The summed E-state index contributed by atoms with van der Waals surface area (Å²) in [7, 11) is 0. The summed E-state index contributed by atoms with van der Waals surface area (Å²) in [5, 5.41) is 0. The number of hydrogen-bond acceptors (Lipinski definition) is 1. The minimum absolute atomic E-state index is 0.454. The molecule has 3 nitrogen and oxygen atoms in total. The summed E-state index contributed by atoms with van der Waals surface area (Å²) in [5.74, 6) is 0. The first-order chi connectivity index (χ1) is 3.84. The molecule has 1 unspecified atom stereocenters. The zero-order valence-corrected chi connectivity index (χ0v) is 4.53. The largest absolute Gasteiger partial charge is 0.296 e. The maximum absolute atomic E-state index is 10.0. The van der Waals surface area contributed by atoms with Crippen molar-refractivity contribution < 1.29 is 4.79 Å². The van der Waals surface area contributed by atoms with E-state index >= 15 is 0 Å². The maximum Gasteiger partial charge on any atom is 0.169 e. The van der Waals surface area contributed by atoms with Gasteiger partial charge >= 0.3 is 0 Å². The summed E-state index contributed by atoms with van der Waals surface area (Å²) in [6.07, 6.45) is 3.17. The minimum Gasteiger partial charge on any atom is -0.296 e. The van der Waals surface area contributed by atoms with Crippen LogP contribution in [-0.2, 0) is 0 Å². The van der Waals surface area contributed by atoms with E-state index in [9.17, 15) is 4.79 Å². The molecule has 0 radical (unpaired) electrons. The number of nitrogens with zero attached hydrogens (tertiary/aromatic N) is 2. The van der Waals surface area contributed by atoms with Crippen LogP contribution < -0.4 is 0 Å². The molecule has 2 rings (SSSR count). The van der Waals surface area contributed by atoms with Crippen LogP contribution in [0.2, 0.25) is 0 Å². The second kappa shape index (κ2) is 0.891. The van der Waals surface area contributed by atoms with Gasteiger partial charge in [0.05, 0.1) is 6.20 Å². The number of rotatable bonds is 1. The van der Waals surface area contributed by atoms with Crippen LogP contribution in [0.1, 0.15) is 23.6 Å². The van der Waals surface area contributed by atoms with Crippen molar-refractivity contribution >= 4 is 6.29 Å². The molecule has 0 bridgehead atoms. The first-order valence-corrected chi connectivity index (χ1v) is 2.59. The van der Waals surface area contributed by atoms with Gasteiger partial charge in [0, 0.05) is 0 Å².